The fourth-order valence-electron chi connectivity index (χ4n) is 3.51. The second-order valence-electron chi connectivity index (χ2n) is 7.44. The second-order valence-corrected chi connectivity index (χ2v) is 7.44. The molecule has 1 aliphatic rings. The molecule has 3 aromatic heterocycles. The molecule has 0 radical (unpaired) electrons. The van der Waals surface area contributed by atoms with Crippen LogP contribution in [0.5, 0.6) is 0 Å². The summed E-state index contributed by atoms with van der Waals surface area (Å²) in [6.07, 6.45) is 1.90. The summed E-state index contributed by atoms with van der Waals surface area (Å²) in [5.41, 5.74) is 1.49. The first-order valence-corrected chi connectivity index (χ1v) is 10.5. The highest BCUT2D eigenvalue weighted by Crippen LogP contribution is 2.33. The third kappa shape index (κ3) is 4.26. The van der Waals surface area contributed by atoms with Gasteiger partial charge in [0.2, 0.25) is 5.91 Å². The van der Waals surface area contributed by atoms with Gasteiger partial charge in [0.1, 0.15) is 17.9 Å². The van der Waals surface area contributed by atoms with Crippen LogP contribution in [0.3, 0.4) is 0 Å². The molecular formula is C19H27N9O4. The molecule has 0 aliphatic carbocycles. The van der Waals surface area contributed by atoms with Crippen molar-refractivity contribution in [3.8, 4) is 11.5 Å². The first kappa shape index (κ1) is 22.0. The molecule has 32 heavy (non-hydrogen) atoms. The summed E-state index contributed by atoms with van der Waals surface area (Å²) in [5, 5.41) is 24.7. The lowest BCUT2D eigenvalue weighted by Crippen LogP contribution is -2.31. The molecule has 3 atom stereocenters. The summed E-state index contributed by atoms with van der Waals surface area (Å²) < 4.78 is 14.2. The zero-order valence-corrected chi connectivity index (χ0v) is 18.2. The number of aliphatic hydroxyl groups excluding tert-OH is 1. The summed E-state index contributed by atoms with van der Waals surface area (Å²) in [5.74, 6) is 0.619. The molecule has 0 bridgehead atoms. The van der Waals surface area contributed by atoms with Crippen LogP contribution in [0.4, 0.5) is 5.82 Å². The zero-order chi connectivity index (χ0) is 22.7. The van der Waals surface area contributed by atoms with E-state index >= 15 is 0 Å². The number of carbonyl (C=O) groups excluding carboxylic acids is 1. The molecule has 1 amide bonds. The zero-order valence-electron chi connectivity index (χ0n) is 18.2. The molecule has 13 nitrogen and oxygen atoms in total. The van der Waals surface area contributed by atoms with Crippen molar-refractivity contribution in [1.29, 1.82) is 0 Å². The number of aromatic nitrogens is 7. The van der Waals surface area contributed by atoms with Gasteiger partial charge in [-0.15, -0.1) is 5.10 Å². The molecule has 1 saturated heterocycles. The molecule has 0 unspecified atom stereocenters. The van der Waals surface area contributed by atoms with Gasteiger partial charge in [0.05, 0.1) is 25.7 Å². The lowest BCUT2D eigenvalue weighted by atomic mass is 10.2. The number of aliphatic hydroxyl groups is 1. The van der Waals surface area contributed by atoms with Crippen LogP contribution in [0.25, 0.3) is 22.7 Å². The lowest BCUT2D eigenvalue weighted by molar-refractivity contribution is -0.134. The SMILES string of the molecule is CCCNc1nc(-c2cn(CCOC)nn2)nc2c1ncn2[C@@H]1O[C@H](C(=O)NC)C[C@H]1O. The van der Waals surface area contributed by atoms with Crippen molar-refractivity contribution < 1.29 is 19.4 Å². The standard InChI is InChI=1S/C19H27N9O4/c1-4-5-21-16-14-17(24-15(23-16)11-9-27(26-25-11)6-7-31-3)28(10-22-14)19-12(29)8-13(32-19)18(30)20-2/h9-10,12-13,19,29H,4-8H2,1-3H3,(H,20,30)(H,21,23,24)/t12-,13+,19-/m1/s1. The van der Waals surface area contributed by atoms with E-state index in [9.17, 15) is 9.90 Å². The highest BCUT2D eigenvalue weighted by molar-refractivity contribution is 5.85. The van der Waals surface area contributed by atoms with Gasteiger partial charge in [-0.05, 0) is 6.42 Å². The Labute approximate surface area is 184 Å². The van der Waals surface area contributed by atoms with Crippen LogP contribution in [-0.2, 0) is 20.8 Å². The number of hydrogen-bond acceptors (Lipinski definition) is 10. The largest absolute Gasteiger partial charge is 0.388 e. The monoisotopic (exact) mass is 445 g/mol. The van der Waals surface area contributed by atoms with E-state index in [1.807, 2.05) is 6.92 Å². The molecule has 3 aromatic rings. The number of methoxy groups -OCH3 is 1. The average molecular weight is 445 g/mol. The Morgan fingerprint density at radius 3 is 3.00 bits per heavy atom. The molecule has 13 heteroatoms. The number of ether oxygens (including phenoxy) is 2. The minimum atomic E-state index is -0.893. The van der Waals surface area contributed by atoms with E-state index in [0.29, 0.717) is 48.2 Å². The summed E-state index contributed by atoms with van der Waals surface area (Å²) in [6.45, 7) is 3.80. The Morgan fingerprint density at radius 1 is 1.41 bits per heavy atom. The molecule has 4 rings (SSSR count). The molecule has 4 heterocycles. The fraction of sp³-hybridized carbons (Fsp3) is 0.579. The van der Waals surface area contributed by atoms with Crippen molar-refractivity contribution in [1.82, 2.24) is 39.8 Å². The Hall–Kier alpha value is -3.16. The van der Waals surface area contributed by atoms with Crippen LogP contribution in [0.1, 0.15) is 26.0 Å². The minimum absolute atomic E-state index is 0.177. The first-order valence-electron chi connectivity index (χ1n) is 10.5. The molecular weight excluding hydrogens is 418 g/mol. The van der Waals surface area contributed by atoms with E-state index in [0.717, 1.165) is 6.42 Å². The number of anilines is 1. The number of imidazole rings is 1. The van der Waals surface area contributed by atoms with Crippen LogP contribution in [0.2, 0.25) is 0 Å². The van der Waals surface area contributed by atoms with Crippen molar-refractivity contribution in [2.45, 2.75) is 44.7 Å². The molecule has 3 N–H and O–H groups in total. The van der Waals surface area contributed by atoms with Crippen molar-refractivity contribution in [3.63, 3.8) is 0 Å². The number of nitrogens with zero attached hydrogens (tertiary/aromatic N) is 7. The fourth-order valence-corrected chi connectivity index (χ4v) is 3.51. The highest BCUT2D eigenvalue weighted by atomic mass is 16.5. The number of likely N-dealkylation sites (N-methyl/N-ethyl adjacent to an activating group) is 1. The Morgan fingerprint density at radius 2 is 2.25 bits per heavy atom. The van der Waals surface area contributed by atoms with Crippen LogP contribution < -0.4 is 10.6 Å². The smallest absolute Gasteiger partial charge is 0.249 e. The third-order valence-corrected chi connectivity index (χ3v) is 5.16. The number of fused-ring (bicyclic) bond motifs is 1. The van der Waals surface area contributed by atoms with Gasteiger partial charge in [0, 0.05) is 27.1 Å². The van der Waals surface area contributed by atoms with Crippen LogP contribution >= 0.6 is 0 Å². The van der Waals surface area contributed by atoms with Crippen molar-refractivity contribution >= 4 is 22.9 Å². The average Bonchev–Trinajstić information content (AvgIpc) is 3.53. The van der Waals surface area contributed by atoms with Crippen molar-refractivity contribution in [2.24, 2.45) is 0 Å². The first-order chi connectivity index (χ1) is 15.5. The van der Waals surface area contributed by atoms with Gasteiger partial charge in [0.15, 0.2) is 29.0 Å². The predicted octanol–water partition coefficient (Wildman–Crippen LogP) is -0.0525. The third-order valence-electron chi connectivity index (χ3n) is 5.16. The van der Waals surface area contributed by atoms with E-state index in [2.05, 4.69) is 35.9 Å². The van der Waals surface area contributed by atoms with Gasteiger partial charge < -0.3 is 25.2 Å². The van der Waals surface area contributed by atoms with E-state index in [-0.39, 0.29) is 12.3 Å². The van der Waals surface area contributed by atoms with Gasteiger partial charge >= 0.3 is 0 Å². The topological polar surface area (TPSA) is 154 Å². The van der Waals surface area contributed by atoms with Crippen LogP contribution in [0.15, 0.2) is 12.5 Å². The van der Waals surface area contributed by atoms with E-state index in [4.69, 9.17) is 9.47 Å². The van der Waals surface area contributed by atoms with Gasteiger partial charge in [-0.2, -0.15) is 0 Å². The maximum atomic E-state index is 12.0. The number of hydrogen-bond donors (Lipinski definition) is 3. The maximum absolute atomic E-state index is 12.0. The van der Waals surface area contributed by atoms with Gasteiger partial charge in [-0.1, -0.05) is 12.1 Å². The Bertz CT molecular complexity index is 1080. The summed E-state index contributed by atoms with van der Waals surface area (Å²) in [6, 6.07) is 0. The van der Waals surface area contributed by atoms with Crippen LogP contribution in [-0.4, -0.2) is 85.0 Å². The number of amides is 1. The van der Waals surface area contributed by atoms with Gasteiger partial charge in [-0.25, -0.2) is 19.6 Å². The summed E-state index contributed by atoms with van der Waals surface area (Å²) >= 11 is 0. The Kier molecular flexibility index (Phi) is 6.58. The van der Waals surface area contributed by atoms with Crippen LogP contribution in [0, 0.1) is 0 Å². The quantitative estimate of drug-likeness (QED) is 0.408. The maximum Gasteiger partial charge on any atom is 0.249 e. The lowest BCUT2D eigenvalue weighted by Gasteiger charge is -2.17. The number of nitrogens with one attached hydrogen (secondary N) is 2. The van der Waals surface area contributed by atoms with Gasteiger partial charge in [-0.3, -0.25) is 9.36 Å². The van der Waals surface area contributed by atoms with Crippen molar-refractivity contribution in [2.75, 3.05) is 32.6 Å². The molecule has 1 fully saturated rings. The van der Waals surface area contributed by atoms with E-state index < -0.39 is 18.4 Å². The number of carbonyl (C=O) groups is 1. The Balaban J connectivity index is 1.73. The second kappa shape index (κ2) is 9.54. The predicted molar refractivity (Wildman–Crippen MR) is 114 cm³/mol. The minimum Gasteiger partial charge on any atom is -0.388 e. The van der Waals surface area contributed by atoms with E-state index in [1.54, 1.807) is 22.6 Å². The highest BCUT2D eigenvalue weighted by Gasteiger charge is 2.39. The van der Waals surface area contributed by atoms with Crippen molar-refractivity contribution in [3.05, 3.63) is 12.5 Å². The summed E-state index contributed by atoms with van der Waals surface area (Å²) in [4.78, 5) is 25.7. The molecule has 172 valence electrons. The van der Waals surface area contributed by atoms with E-state index in [1.165, 1.54) is 13.4 Å². The molecule has 0 spiro atoms. The normalized spacial score (nSPS) is 20.7. The summed E-state index contributed by atoms with van der Waals surface area (Å²) in [7, 11) is 3.15. The van der Waals surface area contributed by atoms with Gasteiger partial charge in [0.25, 0.3) is 0 Å². The molecule has 1 aliphatic heterocycles. The molecule has 0 aromatic carbocycles. The number of rotatable bonds is 9. The molecule has 0 saturated carbocycles.